The fourth-order valence-corrected chi connectivity index (χ4v) is 9.51. The van der Waals surface area contributed by atoms with Crippen LogP contribution >= 0.6 is 11.8 Å². The Morgan fingerprint density at radius 1 is 1.02 bits per heavy atom. The van der Waals surface area contributed by atoms with Gasteiger partial charge in [-0.25, -0.2) is 4.79 Å². The monoisotopic (exact) mass is 740 g/mol. The molecule has 1 saturated carbocycles. The molecule has 282 valence electrons. The van der Waals surface area contributed by atoms with Crippen LogP contribution in [0.5, 0.6) is 11.5 Å². The SMILES string of the molecule is C=CCOC12Oc3ccc(OC(=O)NCC)cc3C3C(CCCCO)C(CCCCO)C=C(C(=NOCc4ccccc4)CC1Sc1ccccc1)C32. The largest absolute Gasteiger partial charge is 0.460 e. The number of carbonyl (C=O) groups is 1. The molecule has 3 aromatic carbocycles. The third-order valence-corrected chi connectivity index (χ3v) is 11.7. The molecule has 1 amide bonds. The summed E-state index contributed by atoms with van der Waals surface area (Å²) in [5, 5.41) is 27.0. The lowest BCUT2D eigenvalue weighted by molar-refractivity contribution is -0.223. The molecule has 1 aliphatic heterocycles. The van der Waals surface area contributed by atoms with Crippen molar-refractivity contribution >= 4 is 23.6 Å². The molecular formula is C43H52N2O7S. The Kier molecular flexibility index (Phi) is 13.7. The first kappa shape index (κ1) is 38.6. The van der Waals surface area contributed by atoms with Crippen molar-refractivity contribution in [3.05, 3.63) is 114 Å². The van der Waals surface area contributed by atoms with Gasteiger partial charge in [0.25, 0.3) is 0 Å². The van der Waals surface area contributed by atoms with Gasteiger partial charge < -0.3 is 34.6 Å². The summed E-state index contributed by atoms with van der Waals surface area (Å²) in [6.07, 6.45) is 9.03. The normalized spacial score (nSPS) is 25.0. The molecule has 3 aliphatic rings. The molecule has 0 spiro atoms. The van der Waals surface area contributed by atoms with E-state index in [1.807, 2.05) is 67.6 Å². The van der Waals surface area contributed by atoms with E-state index in [0.29, 0.717) is 43.9 Å². The van der Waals surface area contributed by atoms with Gasteiger partial charge in [0.2, 0.25) is 5.79 Å². The summed E-state index contributed by atoms with van der Waals surface area (Å²) < 4.78 is 20.0. The van der Waals surface area contributed by atoms with Crippen molar-refractivity contribution in [2.45, 2.75) is 80.3 Å². The minimum atomic E-state index is -1.11. The molecule has 1 fully saturated rings. The first-order chi connectivity index (χ1) is 26.0. The lowest BCUT2D eigenvalue weighted by Gasteiger charge is -2.58. The number of thioether (sulfide) groups is 1. The predicted molar refractivity (Wildman–Crippen MR) is 208 cm³/mol. The zero-order valence-electron chi connectivity index (χ0n) is 30.5. The first-order valence-corrected chi connectivity index (χ1v) is 19.8. The standard InChI is InChI=1S/C43H52N2O7S/c1-3-25-49-43-39(53-33-18-9-6-10-19-33)28-37(45-50-29-30-15-7-5-8-16-30)35-26-31(17-11-13-23-46)34(20-12-14-24-47)40(41(35)43)36-27-32(21-22-38(36)52-43)51-42(48)44-4-2/h3,5-10,15-16,18-19,21-22,26-27,31,34,39-41,46-47H,1,4,11-14,17,20,23-25,28-29H2,2H3,(H,44,48). The molecule has 6 rings (SSSR count). The molecule has 0 radical (unpaired) electrons. The number of allylic oxidation sites excluding steroid dienone is 1. The highest BCUT2D eigenvalue weighted by atomic mass is 32.2. The molecular weight excluding hydrogens is 689 g/mol. The Morgan fingerprint density at radius 2 is 1.75 bits per heavy atom. The number of nitrogens with one attached hydrogen (secondary N) is 1. The number of hydrogen-bond acceptors (Lipinski definition) is 9. The zero-order valence-corrected chi connectivity index (χ0v) is 31.3. The first-order valence-electron chi connectivity index (χ1n) is 18.9. The Balaban J connectivity index is 1.53. The van der Waals surface area contributed by atoms with E-state index in [1.54, 1.807) is 23.9 Å². The number of oxime groups is 1. The van der Waals surface area contributed by atoms with Gasteiger partial charge in [-0.3, -0.25) is 0 Å². The molecule has 6 unspecified atom stereocenters. The molecule has 0 saturated heterocycles. The fourth-order valence-electron chi connectivity index (χ4n) is 8.20. The van der Waals surface area contributed by atoms with Gasteiger partial charge in [0.1, 0.15) is 18.1 Å². The highest BCUT2D eigenvalue weighted by Crippen LogP contribution is 2.63. The molecule has 3 N–H and O–H groups in total. The number of unbranched alkanes of at least 4 members (excludes halogenated alkanes) is 2. The van der Waals surface area contributed by atoms with Crippen LogP contribution in [0.15, 0.2) is 113 Å². The average molecular weight is 741 g/mol. The van der Waals surface area contributed by atoms with E-state index in [2.05, 4.69) is 30.1 Å². The smallest absolute Gasteiger partial charge is 0.412 e. The number of aliphatic hydroxyl groups excluding tert-OH is 2. The van der Waals surface area contributed by atoms with Crippen LogP contribution < -0.4 is 14.8 Å². The van der Waals surface area contributed by atoms with Crippen molar-refractivity contribution in [3.8, 4) is 11.5 Å². The summed E-state index contributed by atoms with van der Waals surface area (Å²) in [5.74, 6) is -0.106. The molecule has 53 heavy (non-hydrogen) atoms. The Labute approximate surface area is 317 Å². The highest BCUT2D eigenvalue weighted by molar-refractivity contribution is 8.00. The maximum absolute atomic E-state index is 12.6. The number of aliphatic hydroxyl groups is 2. The van der Waals surface area contributed by atoms with Crippen molar-refractivity contribution in [2.75, 3.05) is 26.4 Å². The quantitative estimate of drug-likeness (QED) is 0.0676. The minimum absolute atomic E-state index is 0.113. The topological polar surface area (TPSA) is 119 Å². The molecule has 0 bridgehead atoms. The number of ether oxygens (including phenoxy) is 3. The fraction of sp³-hybridized carbons (Fsp3) is 0.442. The summed E-state index contributed by atoms with van der Waals surface area (Å²) in [5.41, 5.74) is 3.90. The number of rotatable bonds is 18. The molecule has 0 aromatic heterocycles. The van der Waals surface area contributed by atoms with Crippen LogP contribution in [0.1, 0.15) is 68.9 Å². The van der Waals surface area contributed by atoms with E-state index in [1.165, 1.54) is 0 Å². The number of fused-ring (bicyclic) bond motifs is 2. The molecule has 3 aromatic rings. The van der Waals surface area contributed by atoms with Crippen molar-refractivity contribution in [1.82, 2.24) is 5.32 Å². The molecule has 10 heteroatoms. The number of amides is 1. The second-order valence-electron chi connectivity index (χ2n) is 13.9. The number of hydrogen-bond donors (Lipinski definition) is 3. The summed E-state index contributed by atoms with van der Waals surface area (Å²) in [7, 11) is 0. The van der Waals surface area contributed by atoms with Gasteiger partial charge in [-0.05, 0) is 85.9 Å². The van der Waals surface area contributed by atoms with E-state index in [-0.39, 0.29) is 48.7 Å². The number of benzene rings is 3. The molecule has 2 aliphatic carbocycles. The summed E-state index contributed by atoms with van der Waals surface area (Å²) in [6, 6.07) is 26.0. The Bertz CT molecular complexity index is 1720. The van der Waals surface area contributed by atoms with Crippen molar-refractivity contribution in [2.24, 2.45) is 22.9 Å². The predicted octanol–water partition coefficient (Wildman–Crippen LogP) is 8.42. The minimum Gasteiger partial charge on any atom is -0.460 e. The van der Waals surface area contributed by atoms with Crippen LogP contribution in [0, 0.1) is 17.8 Å². The van der Waals surface area contributed by atoms with E-state index >= 15 is 0 Å². The van der Waals surface area contributed by atoms with Crippen LogP contribution in [0.25, 0.3) is 0 Å². The Morgan fingerprint density at radius 3 is 2.47 bits per heavy atom. The van der Waals surface area contributed by atoms with Crippen LogP contribution in [0.3, 0.4) is 0 Å². The molecule has 1 heterocycles. The third kappa shape index (κ3) is 9.00. The molecule has 6 atom stereocenters. The van der Waals surface area contributed by atoms with Gasteiger partial charge in [-0.2, -0.15) is 0 Å². The van der Waals surface area contributed by atoms with Crippen molar-refractivity contribution in [1.29, 1.82) is 0 Å². The van der Waals surface area contributed by atoms with Crippen LogP contribution in [-0.2, 0) is 16.2 Å². The second kappa shape index (κ2) is 18.8. The van der Waals surface area contributed by atoms with E-state index in [9.17, 15) is 15.0 Å². The second-order valence-corrected chi connectivity index (χ2v) is 15.1. The van der Waals surface area contributed by atoms with Crippen LogP contribution in [-0.4, -0.2) is 59.4 Å². The highest BCUT2D eigenvalue weighted by Gasteiger charge is 2.64. The van der Waals surface area contributed by atoms with Crippen LogP contribution in [0.2, 0.25) is 0 Å². The zero-order chi connectivity index (χ0) is 37.0. The van der Waals surface area contributed by atoms with Crippen molar-refractivity contribution < 1.29 is 34.1 Å². The maximum Gasteiger partial charge on any atom is 0.412 e. The number of nitrogens with zero attached hydrogens (tertiary/aromatic N) is 1. The van der Waals surface area contributed by atoms with Crippen LogP contribution in [0.4, 0.5) is 4.79 Å². The average Bonchev–Trinajstić information content (AvgIpc) is 3.17. The number of carbonyl (C=O) groups excluding carboxylic acids is 1. The summed E-state index contributed by atoms with van der Waals surface area (Å²) in [6.45, 7) is 7.20. The van der Waals surface area contributed by atoms with E-state index in [0.717, 1.165) is 53.0 Å². The van der Waals surface area contributed by atoms with Gasteiger partial charge >= 0.3 is 6.09 Å². The van der Waals surface area contributed by atoms with Gasteiger partial charge in [0, 0.05) is 42.6 Å². The van der Waals surface area contributed by atoms with Gasteiger partial charge in [-0.1, -0.05) is 78.7 Å². The van der Waals surface area contributed by atoms with E-state index < -0.39 is 11.9 Å². The van der Waals surface area contributed by atoms with Gasteiger partial charge in [-0.15, -0.1) is 18.3 Å². The third-order valence-electron chi connectivity index (χ3n) is 10.4. The Hall–Kier alpha value is -4.09. The molecule has 9 nitrogen and oxygen atoms in total. The van der Waals surface area contributed by atoms with Crippen molar-refractivity contribution in [3.63, 3.8) is 0 Å². The maximum atomic E-state index is 12.6. The summed E-state index contributed by atoms with van der Waals surface area (Å²) >= 11 is 1.72. The van der Waals surface area contributed by atoms with E-state index in [4.69, 9.17) is 24.2 Å². The van der Waals surface area contributed by atoms with Gasteiger partial charge in [0.05, 0.1) is 23.5 Å². The summed E-state index contributed by atoms with van der Waals surface area (Å²) in [4.78, 5) is 19.9. The van der Waals surface area contributed by atoms with Gasteiger partial charge in [0.15, 0.2) is 0 Å². The lowest BCUT2D eigenvalue weighted by Crippen LogP contribution is -2.64. The lowest BCUT2D eigenvalue weighted by atomic mass is 9.56.